The van der Waals surface area contributed by atoms with E-state index in [2.05, 4.69) is 39.5 Å². The van der Waals surface area contributed by atoms with Crippen molar-refractivity contribution in [2.45, 2.75) is 50.6 Å². The molecule has 0 bridgehead atoms. The number of thiophene rings is 1. The Kier molecular flexibility index (Phi) is 14.9. The monoisotopic (exact) mass is 791 g/mol. The zero-order valence-corrected chi connectivity index (χ0v) is 32.3. The minimum atomic E-state index is -0.745. The number of H-pyrrole nitrogens is 1. The zero-order chi connectivity index (χ0) is 37.2. The Hall–Kier alpha value is -4.49. The topological polar surface area (TPSA) is 130 Å². The van der Waals surface area contributed by atoms with Crippen LogP contribution in [0.15, 0.2) is 103 Å². The van der Waals surface area contributed by atoms with E-state index in [0.29, 0.717) is 44.1 Å². The molecular formula is C41H43Cl2N3O7S. The number of ether oxygens (including phenoxy) is 4. The summed E-state index contributed by atoms with van der Waals surface area (Å²) >= 11 is 14.3. The van der Waals surface area contributed by atoms with E-state index >= 15 is 0 Å². The second-order valence-electron chi connectivity index (χ2n) is 12.7. The highest BCUT2D eigenvalue weighted by Gasteiger charge is 2.29. The van der Waals surface area contributed by atoms with Crippen molar-refractivity contribution in [3.63, 3.8) is 0 Å². The third-order valence-corrected chi connectivity index (χ3v) is 10.9. The molecule has 13 heteroatoms. The lowest BCUT2D eigenvalue weighted by atomic mass is 10.0. The number of piperidine rings is 1. The van der Waals surface area contributed by atoms with Crippen molar-refractivity contribution in [2.24, 2.45) is 0 Å². The van der Waals surface area contributed by atoms with Crippen molar-refractivity contribution in [1.29, 1.82) is 0 Å². The Bertz CT molecular complexity index is 1950. The van der Waals surface area contributed by atoms with Crippen molar-refractivity contribution in [1.82, 2.24) is 10.2 Å². The van der Waals surface area contributed by atoms with Crippen LogP contribution in [0.2, 0.25) is 10.0 Å². The summed E-state index contributed by atoms with van der Waals surface area (Å²) in [5.41, 5.74) is 3.40. The Labute approximate surface area is 329 Å². The first kappa shape index (κ1) is 40.7. The van der Waals surface area contributed by atoms with E-state index in [4.69, 9.17) is 42.1 Å². The number of aromatic nitrogens is 1. The first-order valence-corrected chi connectivity index (χ1v) is 19.0. The van der Waals surface area contributed by atoms with Crippen LogP contribution >= 0.6 is 34.5 Å². The number of halogens is 2. The number of pyridine rings is 1. The minimum absolute atomic E-state index is 0. The quantitative estimate of drug-likeness (QED) is 0.105. The number of carbonyl (C=O) groups is 2. The van der Waals surface area contributed by atoms with E-state index in [9.17, 15) is 9.59 Å². The predicted molar refractivity (Wildman–Crippen MR) is 208 cm³/mol. The van der Waals surface area contributed by atoms with Crippen LogP contribution in [0.5, 0.6) is 11.5 Å². The highest BCUT2D eigenvalue weighted by Crippen LogP contribution is 2.36. The van der Waals surface area contributed by atoms with Crippen LogP contribution in [-0.4, -0.2) is 55.7 Å². The molecule has 5 aromatic rings. The van der Waals surface area contributed by atoms with Gasteiger partial charge in [-0.05, 0) is 53.8 Å². The van der Waals surface area contributed by atoms with E-state index in [0.717, 1.165) is 42.9 Å². The fourth-order valence-corrected chi connectivity index (χ4v) is 7.73. The van der Waals surface area contributed by atoms with Gasteiger partial charge in [0.1, 0.15) is 33.2 Å². The lowest BCUT2D eigenvalue weighted by Gasteiger charge is -2.32. The number of methoxy groups -OCH3 is 2. The second kappa shape index (κ2) is 19.7. The standard InChI is InChI=1S/C41H41Cl2N3O6S.H2O/c1-49-35-15-13-29(21-37(35)50-2)36(22-32-33(42)24-44-25-34(32)43)52-40(47)38-16-14-31(53-38)23-45-39(28-11-7-4-8-12-28)41(48)51-30-17-19-46(20-18-30)26-27-9-5-3-6-10-27;/h3-16,21,24-25,30,36,39,45H,17-20,22-23,26H2,1-2H3;1H2/t36-,39?;/m0./s1. The van der Waals surface area contributed by atoms with Crippen molar-refractivity contribution in [3.8, 4) is 11.5 Å². The largest absolute Gasteiger partial charge is 0.870 e. The van der Waals surface area contributed by atoms with Crippen LogP contribution in [0.3, 0.4) is 0 Å². The van der Waals surface area contributed by atoms with Crippen molar-refractivity contribution >= 4 is 46.5 Å². The van der Waals surface area contributed by atoms with Gasteiger partial charge in [-0.2, -0.15) is 0 Å². The van der Waals surface area contributed by atoms with Crippen LogP contribution in [0.1, 0.15) is 61.8 Å². The molecule has 2 atom stereocenters. The summed E-state index contributed by atoms with van der Waals surface area (Å²) in [6, 6.07) is 28.2. The van der Waals surface area contributed by atoms with Gasteiger partial charge >= 0.3 is 11.9 Å². The molecule has 3 N–H and O–H groups in total. The number of hydrogen-bond acceptors (Lipinski definition) is 10. The number of hydrogen-bond donors (Lipinski definition) is 1. The molecule has 54 heavy (non-hydrogen) atoms. The molecule has 2 aromatic heterocycles. The van der Waals surface area contributed by atoms with Crippen LogP contribution in [0, 0.1) is 0 Å². The molecule has 6 rings (SSSR count). The van der Waals surface area contributed by atoms with E-state index in [1.165, 1.54) is 16.9 Å². The minimum Gasteiger partial charge on any atom is -0.870 e. The normalized spacial score (nSPS) is 14.4. The second-order valence-corrected chi connectivity index (χ2v) is 14.7. The SMILES string of the molecule is COc1ccc([C@H](Cc2c(Cl)c[nH+]cc2Cl)OC(=O)c2ccc(CNC(C(=O)OC3CCN(Cc4ccccc4)CC3)c3ccccc3)s2)cc1OC.[OH-]. The summed E-state index contributed by atoms with van der Waals surface area (Å²) in [6.07, 6.45) is 4.14. The molecule has 1 saturated heterocycles. The number of likely N-dealkylation sites (tertiary alicyclic amines) is 1. The van der Waals surface area contributed by atoms with Crippen LogP contribution in [-0.2, 0) is 33.8 Å². The van der Waals surface area contributed by atoms with Crippen molar-refractivity contribution in [3.05, 3.63) is 145 Å². The number of rotatable bonds is 15. The fraction of sp³-hybridized carbons (Fsp3) is 0.293. The fourth-order valence-electron chi connectivity index (χ4n) is 6.35. The van der Waals surface area contributed by atoms with E-state index in [-0.39, 0.29) is 24.0 Å². The zero-order valence-electron chi connectivity index (χ0n) is 30.0. The first-order chi connectivity index (χ1) is 25.8. The van der Waals surface area contributed by atoms with E-state index < -0.39 is 18.1 Å². The summed E-state index contributed by atoms with van der Waals surface area (Å²) < 4.78 is 23.1. The van der Waals surface area contributed by atoms with Gasteiger partial charge in [0.05, 0.1) is 14.2 Å². The van der Waals surface area contributed by atoms with Gasteiger partial charge < -0.3 is 24.4 Å². The first-order valence-electron chi connectivity index (χ1n) is 17.4. The summed E-state index contributed by atoms with van der Waals surface area (Å²) in [4.78, 5) is 33.9. The molecule has 0 spiro atoms. The maximum atomic E-state index is 13.7. The van der Waals surface area contributed by atoms with Crippen LogP contribution in [0.25, 0.3) is 0 Å². The molecule has 0 saturated carbocycles. The summed E-state index contributed by atoms with van der Waals surface area (Å²) in [5.74, 6) is 0.217. The third-order valence-electron chi connectivity index (χ3n) is 9.19. The Morgan fingerprint density at radius 1 is 0.870 bits per heavy atom. The molecule has 1 aliphatic rings. The summed E-state index contributed by atoms with van der Waals surface area (Å²) in [5, 5.41) is 4.23. The summed E-state index contributed by atoms with van der Waals surface area (Å²) in [6.45, 7) is 2.95. The number of aromatic amines is 1. The van der Waals surface area contributed by atoms with Gasteiger partial charge in [-0.1, -0.05) is 89.9 Å². The number of carbonyl (C=O) groups excluding carboxylic acids is 2. The van der Waals surface area contributed by atoms with Crippen LogP contribution in [0.4, 0.5) is 0 Å². The van der Waals surface area contributed by atoms with Crippen molar-refractivity contribution in [2.75, 3.05) is 27.3 Å². The molecule has 0 radical (unpaired) electrons. The highest BCUT2D eigenvalue weighted by molar-refractivity contribution is 7.13. The van der Waals surface area contributed by atoms with Gasteiger partial charge in [0.25, 0.3) is 0 Å². The molecule has 3 aromatic carbocycles. The smallest absolute Gasteiger partial charge is 0.348 e. The number of benzene rings is 3. The molecule has 284 valence electrons. The predicted octanol–water partition coefficient (Wildman–Crippen LogP) is 7.89. The van der Waals surface area contributed by atoms with Gasteiger partial charge in [0.2, 0.25) is 0 Å². The third kappa shape index (κ3) is 10.6. The van der Waals surface area contributed by atoms with Crippen molar-refractivity contribution < 1.29 is 39.0 Å². The average Bonchev–Trinajstić information content (AvgIpc) is 3.66. The molecule has 1 unspecified atom stereocenters. The maximum absolute atomic E-state index is 13.7. The lowest BCUT2D eigenvalue weighted by Crippen LogP contribution is -2.39. The molecule has 3 heterocycles. The maximum Gasteiger partial charge on any atom is 0.348 e. The molecule has 10 nitrogen and oxygen atoms in total. The van der Waals surface area contributed by atoms with Gasteiger partial charge in [0, 0.05) is 43.0 Å². The molecular weight excluding hydrogens is 749 g/mol. The van der Waals surface area contributed by atoms with E-state index in [1.807, 2.05) is 48.5 Å². The van der Waals surface area contributed by atoms with Gasteiger partial charge in [0.15, 0.2) is 23.9 Å². The number of nitrogens with one attached hydrogen (secondary N) is 2. The lowest BCUT2D eigenvalue weighted by molar-refractivity contribution is -0.377. The number of nitrogens with zero attached hydrogens (tertiary/aromatic N) is 1. The molecule has 1 aliphatic heterocycles. The molecule has 1 fully saturated rings. The van der Waals surface area contributed by atoms with Crippen LogP contribution < -0.4 is 19.8 Å². The van der Waals surface area contributed by atoms with Gasteiger partial charge in [-0.15, -0.1) is 11.3 Å². The van der Waals surface area contributed by atoms with Gasteiger partial charge in [-0.25, -0.2) is 14.6 Å². The Morgan fingerprint density at radius 2 is 1.54 bits per heavy atom. The molecule has 0 aliphatic carbocycles. The molecule has 0 amide bonds. The number of esters is 2. The highest BCUT2D eigenvalue weighted by atomic mass is 35.5. The average molecular weight is 793 g/mol. The summed E-state index contributed by atoms with van der Waals surface area (Å²) in [7, 11) is 3.10. The van der Waals surface area contributed by atoms with Gasteiger partial charge in [-0.3, -0.25) is 10.2 Å². The Balaban J connectivity index is 0.00000561. The van der Waals surface area contributed by atoms with E-state index in [1.54, 1.807) is 44.8 Å². The Morgan fingerprint density at radius 3 is 2.20 bits per heavy atom.